The van der Waals surface area contributed by atoms with Crippen LogP contribution in [0, 0.1) is 0 Å². The first-order valence-corrected chi connectivity index (χ1v) is 13.2. The molecule has 3 N–H and O–H groups in total. The van der Waals surface area contributed by atoms with E-state index in [2.05, 4.69) is 25.0 Å². The monoisotopic (exact) mass is 278 g/mol. The van der Waals surface area contributed by atoms with E-state index in [1.807, 2.05) is 0 Å². The predicted octanol–water partition coefficient (Wildman–Crippen LogP) is 0.727. The number of nitrogens with one attached hydrogen (secondary N) is 1. The summed E-state index contributed by atoms with van der Waals surface area (Å²) in [5, 5.41) is 3.35. The zero-order valence-electron chi connectivity index (χ0n) is 12.1. The summed E-state index contributed by atoms with van der Waals surface area (Å²) < 4.78 is 11.0. The predicted molar refractivity (Wildman–Crippen MR) is 79.6 cm³/mol. The molecule has 0 aromatic heterocycles. The van der Waals surface area contributed by atoms with Crippen molar-refractivity contribution in [3.8, 4) is 0 Å². The summed E-state index contributed by atoms with van der Waals surface area (Å²) in [5.74, 6) is 0.0798. The maximum atomic E-state index is 5.50. The summed E-state index contributed by atoms with van der Waals surface area (Å²) in [4.78, 5) is 0. The quantitative estimate of drug-likeness (QED) is 0.351. The van der Waals surface area contributed by atoms with Crippen molar-refractivity contribution in [3.63, 3.8) is 0 Å². The van der Waals surface area contributed by atoms with Gasteiger partial charge in [-0.3, -0.25) is 0 Å². The summed E-state index contributed by atoms with van der Waals surface area (Å²) in [6.45, 7) is 9.99. The van der Waals surface area contributed by atoms with E-state index in [4.69, 9.17) is 15.2 Å². The summed E-state index contributed by atoms with van der Waals surface area (Å²) in [6.07, 6.45) is 1.21. The van der Waals surface area contributed by atoms with Crippen molar-refractivity contribution >= 4 is 15.9 Å². The molecule has 17 heavy (non-hydrogen) atoms. The van der Waals surface area contributed by atoms with Crippen LogP contribution in [0.4, 0.5) is 0 Å². The molecule has 4 nitrogen and oxygen atoms in total. The Kier molecular flexibility index (Phi) is 9.39. The Bertz CT molecular complexity index is 185. The van der Waals surface area contributed by atoms with Gasteiger partial charge in [-0.2, -0.15) is 0 Å². The maximum absolute atomic E-state index is 5.50. The van der Waals surface area contributed by atoms with Crippen LogP contribution in [0.2, 0.25) is 25.7 Å². The van der Waals surface area contributed by atoms with Crippen molar-refractivity contribution in [3.05, 3.63) is 0 Å². The summed E-state index contributed by atoms with van der Waals surface area (Å²) in [6, 6.07) is 1.29. The minimum atomic E-state index is -1.12. The van der Waals surface area contributed by atoms with Gasteiger partial charge >= 0.3 is 0 Å². The van der Waals surface area contributed by atoms with Crippen LogP contribution in [0.15, 0.2) is 0 Å². The molecule has 0 bridgehead atoms. The Labute approximate surface area is 109 Å². The van der Waals surface area contributed by atoms with E-state index < -0.39 is 15.9 Å². The van der Waals surface area contributed by atoms with Crippen LogP contribution in [0.25, 0.3) is 0 Å². The van der Waals surface area contributed by atoms with Gasteiger partial charge in [0.25, 0.3) is 0 Å². The fourth-order valence-corrected chi connectivity index (χ4v) is 11.8. The molecule has 0 saturated heterocycles. The Balaban J connectivity index is 4.12. The van der Waals surface area contributed by atoms with Gasteiger partial charge in [-0.15, -0.1) is 0 Å². The highest BCUT2D eigenvalue weighted by molar-refractivity contribution is 7.32. The molecule has 0 saturated carbocycles. The summed E-state index contributed by atoms with van der Waals surface area (Å²) in [5.41, 5.74) is 5.44. The number of methoxy groups -OCH3 is 2. The summed E-state index contributed by atoms with van der Waals surface area (Å²) in [7, 11) is 1.44. The van der Waals surface area contributed by atoms with Gasteiger partial charge < -0.3 is 20.5 Å². The first kappa shape index (κ1) is 17.3. The van der Waals surface area contributed by atoms with Crippen molar-refractivity contribution in [1.82, 2.24) is 5.32 Å². The van der Waals surface area contributed by atoms with Gasteiger partial charge in [0.2, 0.25) is 0 Å². The van der Waals surface area contributed by atoms with Crippen molar-refractivity contribution in [2.24, 2.45) is 5.73 Å². The van der Waals surface area contributed by atoms with Crippen molar-refractivity contribution < 1.29 is 9.47 Å². The van der Waals surface area contributed by atoms with Gasteiger partial charge in [-0.1, -0.05) is 25.7 Å². The van der Waals surface area contributed by atoms with E-state index in [0.29, 0.717) is 6.54 Å². The number of ether oxygens (including phenoxy) is 2. The first-order chi connectivity index (χ1) is 7.97. The van der Waals surface area contributed by atoms with Gasteiger partial charge in [-0.25, -0.2) is 0 Å². The standard InChI is InChI=1S/C11H30N2O2Si2/c1-14-11(15-2)16(17(3,4)5)10-6-8-13-9-7-12/h11,13,16H,6-10,12H2,1-5H3. The SMILES string of the molecule is COC(OC)[SiH](CCCNCCN)[Si](C)(C)C. The molecule has 104 valence electrons. The van der Waals surface area contributed by atoms with E-state index >= 15 is 0 Å². The largest absolute Gasteiger partial charge is 0.360 e. The second kappa shape index (κ2) is 9.24. The lowest BCUT2D eigenvalue weighted by atomic mass is 10.5. The molecule has 1 atom stereocenters. The van der Waals surface area contributed by atoms with Crippen molar-refractivity contribution in [2.45, 2.75) is 38.0 Å². The second-order valence-electron chi connectivity index (χ2n) is 5.49. The fraction of sp³-hybridized carbons (Fsp3) is 1.00. The molecule has 0 radical (unpaired) electrons. The van der Waals surface area contributed by atoms with Crippen LogP contribution in [0.1, 0.15) is 6.42 Å². The highest BCUT2D eigenvalue weighted by atomic mass is 29.2. The third kappa shape index (κ3) is 7.33. The van der Waals surface area contributed by atoms with Crippen molar-refractivity contribution in [1.29, 1.82) is 0 Å². The molecule has 0 spiro atoms. The average Bonchev–Trinajstić information content (AvgIpc) is 2.26. The third-order valence-electron chi connectivity index (χ3n) is 3.10. The molecule has 0 aliphatic carbocycles. The molecule has 0 amide bonds. The van der Waals surface area contributed by atoms with Gasteiger partial charge in [0.15, 0.2) is 0 Å². The average molecular weight is 279 g/mol. The highest BCUT2D eigenvalue weighted by Gasteiger charge is 2.35. The van der Waals surface area contributed by atoms with E-state index in [-0.39, 0.29) is 5.91 Å². The van der Waals surface area contributed by atoms with Crippen LogP contribution >= 0.6 is 0 Å². The molecular weight excluding hydrogens is 248 g/mol. The van der Waals surface area contributed by atoms with E-state index in [0.717, 1.165) is 13.1 Å². The molecule has 0 rings (SSSR count). The smallest absolute Gasteiger partial charge is 0.135 e. The van der Waals surface area contributed by atoms with E-state index in [1.165, 1.54) is 12.5 Å². The highest BCUT2D eigenvalue weighted by Crippen LogP contribution is 2.18. The molecular formula is C11H30N2O2Si2. The van der Waals surface area contributed by atoms with Crippen LogP contribution in [0.5, 0.6) is 0 Å². The minimum Gasteiger partial charge on any atom is -0.360 e. The zero-order chi connectivity index (χ0) is 13.3. The van der Waals surface area contributed by atoms with Crippen LogP contribution in [-0.4, -0.2) is 55.7 Å². The molecule has 0 aromatic rings. The second-order valence-corrected chi connectivity index (χ2v) is 20.0. The third-order valence-corrected chi connectivity index (χ3v) is 15.9. The van der Waals surface area contributed by atoms with Crippen LogP contribution in [0.3, 0.4) is 0 Å². The number of rotatable bonds is 10. The lowest BCUT2D eigenvalue weighted by Gasteiger charge is -2.32. The van der Waals surface area contributed by atoms with Gasteiger partial charge in [-0.05, 0) is 13.0 Å². The first-order valence-electron chi connectivity index (χ1n) is 6.43. The minimum absolute atomic E-state index is 0.0798. The maximum Gasteiger partial charge on any atom is 0.135 e. The lowest BCUT2D eigenvalue weighted by molar-refractivity contribution is -0.0457. The van der Waals surface area contributed by atoms with Gasteiger partial charge in [0.1, 0.15) is 5.91 Å². The summed E-state index contributed by atoms with van der Waals surface area (Å²) >= 11 is 0. The van der Waals surface area contributed by atoms with Crippen LogP contribution < -0.4 is 11.1 Å². The normalized spacial score (nSPS) is 14.3. The van der Waals surface area contributed by atoms with E-state index in [9.17, 15) is 0 Å². The van der Waals surface area contributed by atoms with Gasteiger partial charge in [0, 0.05) is 34.9 Å². The Hall–Kier alpha value is 0.274. The number of nitrogens with two attached hydrogens (primary N) is 1. The number of hydrogen-bond donors (Lipinski definition) is 2. The van der Waals surface area contributed by atoms with Crippen molar-refractivity contribution in [2.75, 3.05) is 33.9 Å². The molecule has 0 heterocycles. The molecule has 1 unspecified atom stereocenters. The van der Waals surface area contributed by atoms with Crippen LogP contribution in [-0.2, 0) is 9.47 Å². The topological polar surface area (TPSA) is 56.5 Å². The lowest BCUT2D eigenvalue weighted by Crippen LogP contribution is -2.53. The number of hydrogen-bond acceptors (Lipinski definition) is 4. The Morgan fingerprint density at radius 1 is 1.18 bits per heavy atom. The Morgan fingerprint density at radius 3 is 2.18 bits per heavy atom. The molecule has 6 heteroatoms. The van der Waals surface area contributed by atoms with E-state index in [1.54, 1.807) is 14.2 Å². The van der Waals surface area contributed by atoms with Gasteiger partial charge in [0.05, 0.1) is 8.31 Å². The molecule has 0 aliphatic rings. The molecule has 0 aliphatic heterocycles. The fourth-order valence-electron chi connectivity index (χ4n) is 2.08. The zero-order valence-corrected chi connectivity index (χ0v) is 14.2. The Morgan fingerprint density at radius 2 is 1.76 bits per heavy atom. The molecule has 0 fully saturated rings. The molecule has 0 aromatic carbocycles.